The van der Waals surface area contributed by atoms with Crippen LogP contribution in [0.15, 0.2) is 42.7 Å². The summed E-state index contributed by atoms with van der Waals surface area (Å²) < 4.78 is 14.8. The quantitative estimate of drug-likeness (QED) is 0.559. The second kappa shape index (κ2) is 7.22. The van der Waals surface area contributed by atoms with Crippen LogP contribution in [-0.4, -0.2) is 30.9 Å². The lowest BCUT2D eigenvalue weighted by atomic mass is 10.2. The molecule has 0 aliphatic heterocycles. The summed E-state index contributed by atoms with van der Waals surface area (Å²) >= 11 is 0. The third kappa shape index (κ3) is 3.24. The Kier molecular flexibility index (Phi) is 4.60. The van der Waals surface area contributed by atoms with Crippen LogP contribution in [0, 0.1) is 12.7 Å². The lowest BCUT2D eigenvalue weighted by Crippen LogP contribution is -2.23. The Morgan fingerprint density at radius 1 is 1.25 bits per heavy atom. The van der Waals surface area contributed by atoms with Gasteiger partial charge in [0.05, 0.1) is 23.1 Å². The van der Waals surface area contributed by atoms with Crippen molar-refractivity contribution in [2.75, 3.05) is 0 Å². The van der Waals surface area contributed by atoms with Crippen LogP contribution >= 0.6 is 0 Å². The highest BCUT2D eigenvalue weighted by Gasteiger charge is 2.15. The van der Waals surface area contributed by atoms with Gasteiger partial charge in [-0.15, -0.1) is 0 Å². The Morgan fingerprint density at radius 2 is 2.04 bits per heavy atom. The molecule has 0 saturated carbocycles. The van der Waals surface area contributed by atoms with E-state index in [2.05, 4.69) is 25.6 Å². The molecule has 0 aliphatic carbocycles. The number of amides is 1. The number of fused-ring (bicyclic) bond motifs is 1. The first kappa shape index (κ1) is 17.8. The van der Waals surface area contributed by atoms with Gasteiger partial charge in [0.1, 0.15) is 5.82 Å². The minimum absolute atomic E-state index is 0.216. The standard InChI is InChI=1S/C20H19FN6O/c1-3-18-14(11-24-25-18)10-23-20(28)13-8-17-12(2)26-27(19(17)22-9-13)16-6-4-15(21)5-7-16/h4-9,11H,3,10H2,1-2H3,(H,23,28)(H,24,25). The van der Waals surface area contributed by atoms with E-state index in [1.807, 2.05) is 13.8 Å². The zero-order chi connectivity index (χ0) is 19.7. The summed E-state index contributed by atoms with van der Waals surface area (Å²) in [5.74, 6) is -0.528. The van der Waals surface area contributed by atoms with Crippen molar-refractivity contribution in [2.45, 2.75) is 26.8 Å². The van der Waals surface area contributed by atoms with E-state index in [9.17, 15) is 9.18 Å². The zero-order valence-corrected chi connectivity index (χ0v) is 15.5. The Balaban J connectivity index is 1.60. The number of hydrogen-bond donors (Lipinski definition) is 2. The van der Waals surface area contributed by atoms with Gasteiger partial charge in [-0.05, 0) is 43.7 Å². The number of halogens is 1. The van der Waals surface area contributed by atoms with E-state index < -0.39 is 0 Å². The van der Waals surface area contributed by atoms with Gasteiger partial charge in [-0.25, -0.2) is 14.1 Å². The number of pyridine rings is 1. The molecular formula is C20H19FN6O. The van der Waals surface area contributed by atoms with Crippen LogP contribution in [0.2, 0.25) is 0 Å². The van der Waals surface area contributed by atoms with Crippen LogP contribution in [0.3, 0.4) is 0 Å². The number of aromatic nitrogens is 5. The molecule has 142 valence electrons. The molecule has 0 spiro atoms. The molecule has 4 aromatic rings. The lowest BCUT2D eigenvalue weighted by Gasteiger charge is -2.06. The molecular weight excluding hydrogens is 359 g/mol. The van der Waals surface area contributed by atoms with Gasteiger partial charge in [0, 0.05) is 29.4 Å². The molecule has 0 radical (unpaired) electrons. The average Bonchev–Trinajstić information content (AvgIpc) is 3.30. The Labute approximate surface area is 160 Å². The van der Waals surface area contributed by atoms with Gasteiger partial charge >= 0.3 is 0 Å². The average molecular weight is 378 g/mol. The summed E-state index contributed by atoms with van der Waals surface area (Å²) in [4.78, 5) is 17.0. The molecule has 3 heterocycles. The summed E-state index contributed by atoms with van der Waals surface area (Å²) in [5, 5.41) is 15.1. The maximum atomic E-state index is 13.2. The van der Waals surface area contributed by atoms with Crippen molar-refractivity contribution in [3.8, 4) is 5.69 Å². The highest BCUT2D eigenvalue weighted by Crippen LogP contribution is 2.21. The molecule has 0 unspecified atom stereocenters. The van der Waals surface area contributed by atoms with Gasteiger partial charge in [0.2, 0.25) is 0 Å². The third-order valence-electron chi connectivity index (χ3n) is 4.64. The van der Waals surface area contributed by atoms with E-state index in [1.54, 1.807) is 29.1 Å². The number of aryl methyl sites for hydroxylation is 2. The van der Waals surface area contributed by atoms with E-state index in [4.69, 9.17) is 0 Å². The summed E-state index contributed by atoms with van der Waals surface area (Å²) in [5.41, 5.74) is 4.48. The fourth-order valence-corrected chi connectivity index (χ4v) is 3.10. The molecule has 0 saturated heterocycles. The highest BCUT2D eigenvalue weighted by atomic mass is 19.1. The molecule has 3 aromatic heterocycles. The van der Waals surface area contributed by atoms with Crippen molar-refractivity contribution in [3.63, 3.8) is 0 Å². The third-order valence-corrected chi connectivity index (χ3v) is 4.64. The monoisotopic (exact) mass is 378 g/mol. The van der Waals surface area contributed by atoms with Crippen LogP contribution in [0.5, 0.6) is 0 Å². The van der Waals surface area contributed by atoms with E-state index in [-0.39, 0.29) is 11.7 Å². The van der Waals surface area contributed by atoms with Gasteiger partial charge < -0.3 is 5.32 Å². The number of aromatic amines is 1. The summed E-state index contributed by atoms with van der Waals surface area (Å²) in [7, 11) is 0. The van der Waals surface area contributed by atoms with Gasteiger partial charge in [-0.3, -0.25) is 9.89 Å². The number of rotatable bonds is 5. The van der Waals surface area contributed by atoms with E-state index >= 15 is 0 Å². The van der Waals surface area contributed by atoms with Crippen LogP contribution in [-0.2, 0) is 13.0 Å². The predicted molar refractivity (Wildman–Crippen MR) is 103 cm³/mol. The fraction of sp³-hybridized carbons (Fsp3) is 0.200. The Morgan fingerprint density at radius 3 is 2.79 bits per heavy atom. The largest absolute Gasteiger partial charge is 0.348 e. The van der Waals surface area contributed by atoms with Crippen LogP contribution in [0.1, 0.15) is 34.2 Å². The Bertz CT molecular complexity index is 1150. The molecule has 2 N–H and O–H groups in total. The minimum atomic E-state index is -0.312. The smallest absolute Gasteiger partial charge is 0.253 e. The van der Waals surface area contributed by atoms with Crippen LogP contribution < -0.4 is 5.32 Å². The first-order valence-electron chi connectivity index (χ1n) is 8.97. The number of benzene rings is 1. The highest BCUT2D eigenvalue weighted by molar-refractivity contribution is 5.97. The van der Waals surface area contributed by atoms with E-state index in [0.717, 1.165) is 28.8 Å². The van der Waals surface area contributed by atoms with Crippen molar-refractivity contribution in [3.05, 3.63) is 71.1 Å². The molecule has 0 fully saturated rings. The molecule has 0 atom stereocenters. The SMILES string of the molecule is CCc1[nH]ncc1CNC(=O)c1cnc2c(c1)c(C)nn2-c1ccc(F)cc1. The lowest BCUT2D eigenvalue weighted by molar-refractivity contribution is 0.0950. The first-order valence-corrected chi connectivity index (χ1v) is 8.97. The van der Waals surface area contributed by atoms with Crippen LogP contribution in [0.25, 0.3) is 16.7 Å². The van der Waals surface area contributed by atoms with Crippen molar-refractivity contribution in [1.29, 1.82) is 0 Å². The molecule has 4 rings (SSSR count). The number of hydrogen-bond acceptors (Lipinski definition) is 4. The second-order valence-electron chi connectivity index (χ2n) is 6.48. The second-order valence-corrected chi connectivity index (χ2v) is 6.48. The number of nitrogens with zero attached hydrogens (tertiary/aromatic N) is 4. The van der Waals surface area contributed by atoms with Gasteiger partial charge in [-0.2, -0.15) is 10.2 Å². The number of nitrogens with one attached hydrogen (secondary N) is 2. The maximum Gasteiger partial charge on any atom is 0.253 e. The molecule has 7 nitrogen and oxygen atoms in total. The van der Waals surface area contributed by atoms with E-state index in [1.165, 1.54) is 18.3 Å². The van der Waals surface area contributed by atoms with Gasteiger partial charge in [0.15, 0.2) is 5.65 Å². The number of carbonyl (C=O) groups is 1. The summed E-state index contributed by atoms with van der Waals surface area (Å²) in [6.45, 7) is 4.27. The Hall–Kier alpha value is -3.55. The normalized spacial score (nSPS) is 11.1. The number of carbonyl (C=O) groups excluding carboxylic acids is 1. The summed E-state index contributed by atoms with van der Waals surface area (Å²) in [6, 6.07) is 7.80. The molecule has 8 heteroatoms. The van der Waals surface area contributed by atoms with Crippen molar-refractivity contribution in [2.24, 2.45) is 0 Å². The topological polar surface area (TPSA) is 88.5 Å². The zero-order valence-electron chi connectivity index (χ0n) is 15.5. The molecule has 1 amide bonds. The first-order chi connectivity index (χ1) is 13.6. The van der Waals surface area contributed by atoms with Crippen LogP contribution in [0.4, 0.5) is 4.39 Å². The predicted octanol–water partition coefficient (Wildman–Crippen LogP) is 3.08. The van der Waals surface area contributed by atoms with Gasteiger partial charge in [0.25, 0.3) is 5.91 Å². The molecule has 0 bridgehead atoms. The summed E-state index contributed by atoms with van der Waals surface area (Å²) in [6.07, 6.45) is 4.06. The van der Waals surface area contributed by atoms with Crippen molar-refractivity contribution < 1.29 is 9.18 Å². The molecule has 28 heavy (non-hydrogen) atoms. The molecule has 0 aliphatic rings. The minimum Gasteiger partial charge on any atom is -0.348 e. The van der Waals surface area contributed by atoms with Crippen molar-refractivity contribution >= 4 is 16.9 Å². The number of H-pyrrole nitrogens is 1. The molecule has 1 aromatic carbocycles. The van der Waals surface area contributed by atoms with Crippen molar-refractivity contribution in [1.82, 2.24) is 30.3 Å². The maximum absolute atomic E-state index is 13.2. The van der Waals surface area contributed by atoms with Gasteiger partial charge in [-0.1, -0.05) is 6.92 Å². The van der Waals surface area contributed by atoms with E-state index in [0.29, 0.717) is 23.4 Å². The fourth-order valence-electron chi connectivity index (χ4n) is 3.10.